The van der Waals surface area contributed by atoms with Gasteiger partial charge in [0.25, 0.3) is 11.5 Å². The largest absolute Gasteiger partial charge is 0.497 e. The molecule has 0 fully saturated rings. The van der Waals surface area contributed by atoms with E-state index >= 15 is 0 Å². The standard InChI is InChI=1S/C16H14N4O3/c1-23-11-4-2-10(3-5-11)7-18-16(22)13-6-12-14(8-17-13)19-9-20-15(12)21/h2-6,8-9H,7H2,1H3,(H,18,22)(H,19,20,21). The van der Waals surface area contributed by atoms with Crippen LogP contribution in [0.3, 0.4) is 0 Å². The summed E-state index contributed by atoms with van der Waals surface area (Å²) in [5.41, 5.74) is 1.24. The van der Waals surface area contributed by atoms with Gasteiger partial charge in [0.15, 0.2) is 0 Å². The maximum absolute atomic E-state index is 12.2. The fourth-order valence-electron chi connectivity index (χ4n) is 2.11. The van der Waals surface area contributed by atoms with Crippen LogP contribution in [0.5, 0.6) is 5.75 Å². The molecule has 7 nitrogen and oxygen atoms in total. The monoisotopic (exact) mass is 310 g/mol. The van der Waals surface area contributed by atoms with Gasteiger partial charge in [-0.05, 0) is 23.8 Å². The van der Waals surface area contributed by atoms with E-state index in [1.807, 2.05) is 24.3 Å². The van der Waals surface area contributed by atoms with Gasteiger partial charge >= 0.3 is 0 Å². The molecule has 1 amide bonds. The van der Waals surface area contributed by atoms with E-state index in [0.29, 0.717) is 17.4 Å². The number of hydrogen-bond acceptors (Lipinski definition) is 5. The van der Waals surface area contributed by atoms with Crippen molar-refractivity contribution in [1.29, 1.82) is 0 Å². The average molecular weight is 310 g/mol. The van der Waals surface area contributed by atoms with E-state index in [0.717, 1.165) is 11.3 Å². The van der Waals surface area contributed by atoms with Gasteiger partial charge in [0.05, 0.1) is 30.5 Å². The van der Waals surface area contributed by atoms with Crippen LogP contribution in [0.1, 0.15) is 16.1 Å². The third-order valence-corrected chi connectivity index (χ3v) is 3.37. The maximum Gasteiger partial charge on any atom is 0.270 e. The highest BCUT2D eigenvalue weighted by Crippen LogP contribution is 2.11. The summed E-state index contributed by atoms with van der Waals surface area (Å²) in [5.74, 6) is 0.397. The molecule has 3 aromatic rings. The van der Waals surface area contributed by atoms with Gasteiger partial charge in [-0.3, -0.25) is 9.59 Å². The smallest absolute Gasteiger partial charge is 0.270 e. The molecule has 3 rings (SSSR count). The lowest BCUT2D eigenvalue weighted by Crippen LogP contribution is -2.24. The van der Waals surface area contributed by atoms with Crippen LogP contribution in [0.4, 0.5) is 0 Å². The van der Waals surface area contributed by atoms with Crippen molar-refractivity contribution in [2.75, 3.05) is 7.11 Å². The summed E-state index contributed by atoms with van der Waals surface area (Å²) in [5, 5.41) is 3.09. The Morgan fingerprint density at radius 3 is 2.78 bits per heavy atom. The van der Waals surface area contributed by atoms with Gasteiger partial charge in [0.1, 0.15) is 11.4 Å². The Morgan fingerprint density at radius 1 is 1.26 bits per heavy atom. The number of benzene rings is 1. The number of amides is 1. The quantitative estimate of drug-likeness (QED) is 0.756. The van der Waals surface area contributed by atoms with Crippen LogP contribution < -0.4 is 15.6 Å². The van der Waals surface area contributed by atoms with Crippen molar-refractivity contribution >= 4 is 16.8 Å². The number of aromatic nitrogens is 3. The fraction of sp³-hybridized carbons (Fsp3) is 0.125. The molecule has 0 radical (unpaired) electrons. The number of aromatic amines is 1. The lowest BCUT2D eigenvalue weighted by molar-refractivity contribution is 0.0946. The van der Waals surface area contributed by atoms with Gasteiger partial charge in [-0.15, -0.1) is 0 Å². The minimum absolute atomic E-state index is 0.171. The summed E-state index contributed by atoms with van der Waals surface area (Å²) >= 11 is 0. The fourth-order valence-corrected chi connectivity index (χ4v) is 2.11. The van der Waals surface area contributed by atoms with E-state index in [1.165, 1.54) is 18.6 Å². The molecule has 0 unspecified atom stereocenters. The molecule has 0 spiro atoms. The molecule has 0 atom stereocenters. The summed E-state index contributed by atoms with van der Waals surface area (Å²) in [6.45, 7) is 0.353. The van der Waals surface area contributed by atoms with Crippen molar-refractivity contribution in [3.63, 3.8) is 0 Å². The first-order chi connectivity index (χ1) is 11.2. The number of rotatable bonds is 4. The molecule has 0 saturated heterocycles. The van der Waals surface area contributed by atoms with Gasteiger partial charge < -0.3 is 15.0 Å². The molecule has 23 heavy (non-hydrogen) atoms. The summed E-state index contributed by atoms with van der Waals surface area (Å²) in [7, 11) is 1.60. The molecule has 0 saturated carbocycles. The Bertz CT molecular complexity index is 903. The Morgan fingerprint density at radius 2 is 2.04 bits per heavy atom. The molecule has 7 heteroatoms. The van der Waals surface area contributed by atoms with E-state index in [9.17, 15) is 9.59 Å². The van der Waals surface area contributed by atoms with Crippen LogP contribution in [0, 0.1) is 0 Å². The molecule has 0 aliphatic carbocycles. The highest BCUT2D eigenvalue weighted by molar-refractivity contribution is 5.95. The van der Waals surface area contributed by atoms with E-state index in [2.05, 4.69) is 20.3 Å². The number of H-pyrrole nitrogens is 1. The third kappa shape index (κ3) is 3.18. The molecule has 2 heterocycles. The molecular weight excluding hydrogens is 296 g/mol. The van der Waals surface area contributed by atoms with Gasteiger partial charge in [-0.25, -0.2) is 9.97 Å². The van der Waals surface area contributed by atoms with Crippen LogP contribution in [-0.4, -0.2) is 28.0 Å². The Balaban J connectivity index is 1.75. The SMILES string of the molecule is COc1ccc(CNC(=O)c2cc3c(=O)[nH]cnc3cn2)cc1. The zero-order chi connectivity index (χ0) is 16.2. The first-order valence-electron chi connectivity index (χ1n) is 6.92. The van der Waals surface area contributed by atoms with Crippen LogP contribution >= 0.6 is 0 Å². The second-order valence-electron chi connectivity index (χ2n) is 4.85. The van der Waals surface area contributed by atoms with Gasteiger partial charge in [0.2, 0.25) is 0 Å². The number of hydrogen-bond donors (Lipinski definition) is 2. The van der Waals surface area contributed by atoms with Crippen LogP contribution in [0.15, 0.2) is 47.7 Å². The van der Waals surface area contributed by atoms with Crippen molar-refractivity contribution < 1.29 is 9.53 Å². The predicted molar refractivity (Wildman–Crippen MR) is 84.3 cm³/mol. The number of fused-ring (bicyclic) bond motifs is 1. The van der Waals surface area contributed by atoms with Gasteiger partial charge in [0, 0.05) is 6.54 Å². The number of carbonyl (C=O) groups is 1. The Kier molecular flexibility index (Phi) is 4.01. The first kappa shape index (κ1) is 14.7. The van der Waals surface area contributed by atoms with Crippen molar-refractivity contribution in [3.8, 4) is 5.75 Å². The lowest BCUT2D eigenvalue weighted by Gasteiger charge is -2.06. The molecule has 116 valence electrons. The minimum Gasteiger partial charge on any atom is -0.497 e. The first-order valence-corrected chi connectivity index (χ1v) is 6.92. The predicted octanol–water partition coefficient (Wildman–Crippen LogP) is 1.26. The normalized spacial score (nSPS) is 10.5. The second-order valence-corrected chi connectivity index (χ2v) is 4.85. The molecule has 2 aromatic heterocycles. The summed E-state index contributed by atoms with van der Waals surface area (Å²) in [4.78, 5) is 34.4. The summed E-state index contributed by atoms with van der Waals surface area (Å²) in [6, 6.07) is 8.80. The number of pyridine rings is 1. The van der Waals surface area contributed by atoms with E-state index in [1.54, 1.807) is 7.11 Å². The summed E-state index contributed by atoms with van der Waals surface area (Å²) < 4.78 is 5.08. The van der Waals surface area contributed by atoms with Crippen molar-refractivity contribution in [2.24, 2.45) is 0 Å². The third-order valence-electron chi connectivity index (χ3n) is 3.37. The van der Waals surface area contributed by atoms with Crippen molar-refractivity contribution in [3.05, 3.63) is 64.5 Å². The number of ether oxygens (including phenoxy) is 1. The highest BCUT2D eigenvalue weighted by atomic mass is 16.5. The zero-order valence-corrected chi connectivity index (χ0v) is 12.4. The second kappa shape index (κ2) is 6.27. The average Bonchev–Trinajstić information content (AvgIpc) is 2.60. The molecule has 0 bridgehead atoms. The van der Waals surface area contributed by atoms with Crippen molar-refractivity contribution in [1.82, 2.24) is 20.3 Å². The van der Waals surface area contributed by atoms with Crippen LogP contribution in [0.2, 0.25) is 0 Å². The Labute approximate surface area is 131 Å². The number of nitrogens with one attached hydrogen (secondary N) is 2. The number of methoxy groups -OCH3 is 1. The zero-order valence-electron chi connectivity index (χ0n) is 12.4. The molecular formula is C16H14N4O3. The molecule has 1 aromatic carbocycles. The molecule has 0 aliphatic heterocycles. The maximum atomic E-state index is 12.2. The number of carbonyl (C=O) groups excluding carboxylic acids is 1. The Hall–Kier alpha value is -3.22. The van der Waals surface area contributed by atoms with E-state index in [-0.39, 0.29) is 17.2 Å². The number of nitrogens with zero attached hydrogens (tertiary/aromatic N) is 2. The van der Waals surface area contributed by atoms with Crippen LogP contribution in [-0.2, 0) is 6.54 Å². The van der Waals surface area contributed by atoms with Gasteiger partial charge in [-0.1, -0.05) is 12.1 Å². The molecule has 2 N–H and O–H groups in total. The highest BCUT2D eigenvalue weighted by Gasteiger charge is 2.10. The van der Waals surface area contributed by atoms with E-state index in [4.69, 9.17) is 4.74 Å². The van der Waals surface area contributed by atoms with E-state index < -0.39 is 0 Å². The lowest BCUT2D eigenvalue weighted by atomic mass is 10.2. The van der Waals surface area contributed by atoms with Gasteiger partial charge in [-0.2, -0.15) is 0 Å². The molecule has 0 aliphatic rings. The van der Waals surface area contributed by atoms with Crippen LogP contribution in [0.25, 0.3) is 10.9 Å². The topological polar surface area (TPSA) is 97.0 Å². The minimum atomic E-state index is -0.356. The van der Waals surface area contributed by atoms with Crippen molar-refractivity contribution in [2.45, 2.75) is 6.54 Å². The summed E-state index contributed by atoms with van der Waals surface area (Å²) in [6.07, 6.45) is 2.71.